The van der Waals surface area contributed by atoms with Gasteiger partial charge >= 0.3 is 0 Å². The Bertz CT molecular complexity index is 616. The predicted octanol–water partition coefficient (Wildman–Crippen LogP) is 5.32. The van der Waals surface area contributed by atoms with Crippen LogP contribution in [0.2, 0.25) is 5.02 Å². The van der Waals surface area contributed by atoms with Crippen LogP contribution in [0.4, 0.5) is 5.69 Å². The van der Waals surface area contributed by atoms with Gasteiger partial charge in [-0.3, -0.25) is 0 Å². The molecule has 124 valence electrons. The Morgan fingerprint density at radius 3 is 2.65 bits per heavy atom. The molecule has 0 bridgehead atoms. The van der Waals surface area contributed by atoms with Crippen LogP contribution in [0.1, 0.15) is 25.3 Å². The maximum absolute atomic E-state index is 6.01. The van der Waals surface area contributed by atoms with E-state index >= 15 is 0 Å². The van der Waals surface area contributed by atoms with Gasteiger partial charge in [0.15, 0.2) is 0 Å². The summed E-state index contributed by atoms with van der Waals surface area (Å²) in [4.78, 5) is 0. The molecule has 0 saturated heterocycles. The van der Waals surface area contributed by atoms with Gasteiger partial charge in [-0.1, -0.05) is 37.1 Å². The summed E-state index contributed by atoms with van der Waals surface area (Å²) in [6, 6.07) is 13.7. The molecule has 4 heteroatoms. The highest BCUT2D eigenvalue weighted by Crippen LogP contribution is 2.24. The summed E-state index contributed by atoms with van der Waals surface area (Å²) in [5.74, 6) is 1.73. The van der Waals surface area contributed by atoms with Gasteiger partial charge < -0.3 is 14.8 Å². The summed E-state index contributed by atoms with van der Waals surface area (Å²) in [6.45, 7) is 6.15. The second-order valence-electron chi connectivity index (χ2n) is 5.38. The number of hydrogen-bond donors (Lipinski definition) is 1. The zero-order valence-electron chi connectivity index (χ0n) is 13.8. The van der Waals surface area contributed by atoms with E-state index in [1.807, 2.05) is 49.4 Å². The number of ether oxygens (including phenoxy) is 2. The van der Waals surface area contributed by atoms with Gasteiger partial charge in [0, 0.05) is 11.6 Å². The molecule has 0 aliphatic carbocycles. The molecule has 0 aliphatic heterocycles. The minimum Gasteiger partial charge on any atom is -0.492 e. The van der Waals surface area contributed by atoms with E-state index in [1.165, 1.54) is 0 Å². The third kappa shape index (κ3) is 5.68. The molecular weight excluding hydrogens is 310 g/mol. The molecular formula is C19H24ClNO2. The molecule has 1 N–H and O–H groups in total. The Hall–Kier alpha value is -1.87. The van der Waals surface area contributed by atoms with Crippen molar-refractivity contribution in [1.82, 2.24) is 0 Å². The van der Waals surface area contributed by atoms with E-state index in [4.69, 9.17) is 21.1 Å². The lowest BCUT2D eigenvalue weighted by Crippen LogP contribution is -2.12. The third-order valence-corrected chi connectivity index (χ3v) is 3.88. The molecule has 0 aliphatic rings. The van der Waals surface area contributed by atoms with Crippen molar-refractivity contribution >= 4 is 17.3 Å². The largest absolute Gasteiger partial charge is 0.492 e. The van der Waals surface area contributed by atoms with Crippen molar-refractivity contribution in [3.8, 4) is 11.5 Å². The van der Waals surface area contributed by atoms with Gasteiger partial charge in [-0.05, 0) is 49.2 Å². The van der Waals surface area contributed by atoms with Crippen molar-refractivity contribution in [3.05, 3.63) is 53.1 Å². The Balaban J connectivity index is 1.80. The van der Waals surface area contributed by atoms with E-state index in [-0.39, 0.29) is 0 Å². The molecule has 2 aromatic carbocycles. The first-order chi connectivity index (χ1) is 11.2. The highest BCUT2D eigenvalue weighted by Gasteiger charge is 2.03. The van der Waals surface area contributed by atoms with E-state index in [0.717, 1.165) is 47.2 Å². The summed E-state index contributed by atoms with van der Waals surface area (Å²) in [6.07, 6.45) is 2.19. The highest BCUT2D eigenvalue weighted by atomic mass is 35.5. The Labute approximate surface area is 143 Å². The van der Waals surface area contributed by atoms with Crippen LogP contribution in [0.5, 0.6) is 11.5 Å². The molecule has 3 nitrogen and oxygen atoms in total. The molecule has 2 rings (SSSR count). The van der Waals surface area contributed by atoms with Gasteiger partial charge in [-0.25, -0.2) is 0 Å². The number of benzene rings is 2. The topological polar surface area (TPSA) is 30.5 Å². The molecule has 2 aromatic rings. The average molecular weight is 334 g/mol. The number of nitrogens with one attached hydrogen (secondary N) is 1. The monoisotopic (exact) mass is 333 g/mol. The second-order valence-corrected chi connectivity index (χ2v) is 5.79. The molecule has 0 amide bonds. The fourth-order valence-electron chi connectivity index (χ4n) is 2.13. The number of halogens is 1. The number of para-hydroxylation sites is 2. The van der Waals surface area contributed by atoms with Gasteiger partial charge in [-0.15, -0.1) is 0 Å². The van der Waals surface area contributed by atoms with Crippen molar-refractivity contribution in [2.24, 2.45) is 0 Å². The second kappa shape index (κ2) is 9.31. The lowest BCUT2D eigenvalue weighted by atomic mass is 10.2. The van der Waals surface area contributed by atoms with E-state index < -0.39 is 0 Å². The summed E-state index contributed by atoms with van der Waals surface area (Å²) in [5, 5.41) is 4.12. The first-order valence-corrected chi connectivity index (χ1v) is 8.43. The number of rotatable bonds is 9. The first kappa shape index (κ1) is 17.5. The summed E-state index contributed by atoms with van der Waals surface area (Å²) >= 11 is 6.01. The number of aryl methyl sites for hydroxylation is 1. The van der Waals surface area contributed by atoms with Crippen LogP contribution in [0.15, 0.2) is 42.5 Å². The minimum absolute atomic E-state index is 0.574. The van der Waals surface area contributed by atoms with E-state index in [0.29, 0.717) is 13.2 Å². The average Bonchev–Trinajstić information content (AvgIpc) is 2.56. The SMILES string of the molecule is CCCCOc1ccccc1NCCOc1ccc(Cl)c(C)c1. The van der Waals surface area contributed by atoms with Crippen molar-refractivity contribution in [2.45, 2.75) is 26.7 Å². The zero-order valence-corrected chi connectivity index (χ0v) is 14.5. The molecule has 23 heavy (non-hydrogen) atoms. The van der Waals surface area contributed by atoms with Crippen molar-refractivity contribution in [2.75, 3.05) is 25.1 Å². The van der Waals surface area contributed by atoms with Crippen molar-refractivity contribution in [3.63, 3.8) is 0 Å². The van der Waals surface area contributed by atoms with Gasteiger partial charge in [0.25, 0.3) is 0 Å². The van der Waals surface area contributed by atoms with Gasteiger partial charge in [-0.2, -0.15) is 0 Å². The van der Waals surface area contributed by atoms with Crippen LogP contribution in [-0.4, -0.2) is 19.8 Å². The fraction of sp³-hybridized carbons (Fsp3) is 0.368. The highest BCUT2D eigenvalue weighted by molar-refractivity contribution is 6.31. The Kier molecular flexibility index (Phi) is 7.08. The van der Waals surface area contributed by atoms with Crippen molar-refractivity contribution < 1.29 is 9.47 Å². The molecule has 0 radical (unpaired) electrons. The first-order valence-electron chi connectivity index (χ1n) is 8.05. The molecule has 0 fully saturated rings. The molecule has 0 aromatic heterocycles. The van der Waals surface area contributed by atoms with E-state index in [2.05, 4.69) is 12.2 Å². The van der Waals surface area contributed by atoms with E-state index in [1.54, 1.807) is 0 Å². The Morgan fingerprint density at radius 1 is 1.04 bits per heavy atom. The lowest BCUT2D eigenvalue weighted by molar-refractivity contribution is 0.309. The summed E-state index contributed by atoms with van der Waals surface area (Å²) in [7, 11) is 0. The van der Waals surface area contributed by atoms with Crippen LogP contribution < -0.4 is 14.8 Å². The lowest BCUT2D eigenvalue weighted by Gasteiger charge is -2.13. The van der Waals surface area contributed by atoms with Crippen LogP contribution in [0, 0.1) is 6.92 Å². The van der Waals surface area contributed by atoms with E-state index in [9.17, 15) is 0 Å². The van der Waals surface area contributed by atoms with Crippen molar-refractivity contribution in [1.29, 1.82) is 0 Å². The quantitative estimate of drug-likeness (QED) is 0.630. The predicted molar refractivity (Wildman–Crippen MR) is 97.0 cm³/mol. The zero-order chi connectivity index (χ0) is 16.5. The maximum atomic E-state index is 6.01. The number of anilines is 1. The van der Waals surface area contributed by atoms with Gasteiger partial charge in [0.05, 0.1) is 12.3 Å². The standard InChI is InChI=1S/C19H24ClNO2/c1-3-4-12-23-19-8-6-5-7-18(19)21-11-13-22-16-9-10-17(20)15(2)14-16/h5-10,14,21H,3-4,11-13H2,1-2H3. The maximum Gasteiger partial charge on any atom is 0.142 e. The minimum atomic E-state index is 0.574. The summed E-state index contributed by atoms with van der Waals surface area (Å²) in [5.41, 5.74) is 2.02. The van der Waals surface area contributed by atoms with Crippen LogP contribution in [-0.2, 0) is 0 Å². The molecule has 0 atom stereocenters. The van der Waals surface area contributed by atoms with Crippen LogP contribution in [0.3, 0.4) is 0 Å². The van der Waals surface area contributed by atoms with Crippen LogP contribution in [0.25, 0.3) is 0 Å². The smallest absolute Gasteiger partial charge is 0.142 e. The molecule has 0 saturated carbocycles. The molecule has 0 spiro atoms. The fourth-order valence-corrected chi connectivity index (χ4v) is 2.24. The normalized spacial score (nSPS) is 10.4. The Morgan fingerprint density at radius 2 is 1.87 bits per heavy atom. The molecule has 0 heterocycles. The van der Waals surface area contributed by atoms with Gasteiger partial charge in [0.2, 0.25) is 0 Å². The number of hydrogen-bond acceptors (Lipinski definition) is 3. The molecule has 0 unspecified atom stereocenters. The third-order valence-electron chi connectivity index (χ3n) is 3.46. The summed E-state index contributed by atoms with van der Waals surface area (Å²) < 4.78 is 11.5. The number of unbranched alkanes of at least 4 members (excludes halogenated alkanes) is 1. The van der Waals surface area contributed by atoms with Crippen LogP contribution >= 0.6 is 11.6 Å². The van der Waals surface area contributed by atoms with Gasteiger partial charge in [0.1, 0.15) is 18.1 Å².